The second-order valence-electron chi connectivity index (χ2n) is 8.09. The van der Waals surface area contributed by atoms with E-state index in [1.807, 2.05) is 24.3 Å². The lowest BCUT2D eigenvalue weighted by Crippen LogP contribution is -2.43. The molecule has 0 aliphatic carbocycles. The van der Waals surface area contributed by atoms with Crippen molar-refractivity contribution in [3.8, 4) is 5.75 Å². The third-order valence-corrected chi connectivity index (χ3v) is 9.48. The maximum atomic E-state index is 12.5. The lowest BCUT2D eigenvalue weighted by molar-refractivity contribution is 0.175. The third-order valence-electron chi connectivity index (χ3n) is 5.12. The predicted molar refractivity (Wildman–Crippen MR) is 100 cm³/mol. The number of amides is 2. The fourth-order valence-corrected chi connectivity index (χ4v) is 3.46. The van der Waals surface area contributed by atoms with E-state index < -0.39 is 14.4 Å². The summed E-state index contributed by atoms with van der Waals surface area (Å²) in [6, 6.07) is 7.60. The van der Waals surface area contributed by atoms with Crippen LogP contribution in [0.1, 0.15) is 27.2 Å². The molecule has 2 amide bonds. The maximum Gasteiger partial charge on any atom is 0.324 e. The molecule has 1 heterocycles. The van der Waals surface area contributed by atoms with Gasteiger partial charge in [0.1, 0.15) is 5.75 Å². The zero-order chi connectivity index (χ0) is 18.1. The monoisotopic (exact) mass is 350 g/mol. The van der Waals surface area contributed by atoms with Crippen molar-refractivity contribution in [1.82, 2.24) is 4.90 Å². The Morgan fingerprint density at radius 2 is 1.88 bits per heavy atom. The first-order valence-electron chi connectivity index (χ1n) is 8.51. The average Bonchev–Trinajstić information content (AvgIpc) is 2.91. The van der Waals surface area contributed by atoms with Crippen molar-refractivity contribution >= 4 is 20.0 Å². The first kappa shape index (κ1) is 18.8. The summed E-state index contributed by atoms with van der Waals surface area (Å²) >= 11 is 0. The van der Waals surface area contributed by atoms with Crippen LogP contribution in [-0.4, -0.2) is 50.6 Å². The summed E-state index contributed by atoms with van der Waals surface area (Å²) in [5, 5.41) is 9.73. The second kappa shape index (κ2) is 6.76. The van der Waals surface area contributed by atoms with E-state index in [2.05, 4.69) is 33.9 Å². The Bertz CT molecular complexity index is 581. The Morgan fingerprint density at radius 1 is 1.29 bits per heavy atom. The number of carbonyl (C=O) groups is 1. The van der Waals surface area contributed by atoms with E-state index in [1.165, 1.54) is 0 Å². The molecule has 0 aromatic heterocycles. The molecule has 1 aromatic carbocycles. The number of rotatable bonds is 3. The van der Waals surface area contributed by atoms with Crippen LogP contribution in [0, 0.1) is 0 Å². The van der Waals surface area contributed by atoms with E-state index in [0.717, 1.165) is 11.4 Å². The van der Waals surface area contributed by atoms with Gasteiger partial charge in [0.2, 0.25) is 8.32 Å². The predicted octanol–water partition coefficient (Wildman–Crippen LogP) is 3.69. The number of hydrogen-bond donors (Lipinski definition) is 1. The molecule has 134 valence electrons. The number of benzene rings is 1. The molecule has 0 radical (unpaired) electrons. The molecule has 5 nitrogen and oxygen atoms in total. The van der Waals surface area contributed by atoms with Gasteiger partial charge in [0.25, 0.3) is 0 Å². The minimum Gasteiger partial charge on any atom is -0.544 e. The Hall–Kier alpha value is -1.53. The minimum absolute atomic E-state index is 0.0791. The van der Waals surface area contributed by atoms with Gasteiger partial charge in [0.15, 0.2) is 0 Å². The molecule has 6 heteroatoms. The van der Waals surface area contributed by atoms with Crippen LogP contribution in [0.2, 0.25) is 18.1 Å². The molecule has 0 unspecified atom stereocenters. The Labute approximate surface area is 146 Å². The Balaban J connectivity index is 2.05. The molecule has 1 atom stereocenters. The molecule has 1 aromatic rings. The summed E-state index contributed by atoms with van der Waals surface area (Å²) in [4.78, 5) is 15.8. The number of urea groups is 1. The zero-order valence-electron chi connectivity index (χ0n) is 15.7. The topological polar surface area (TPSA) is 53.0 Å². The second-order valence-corrected chi connectivity index (χ2v) is 12.8. The van der Waals surface area contributed by atoms with E-state index in [0.29, 0.717) is 19.5 Å². The van der Waals surface area contributed by atoms with Crippen LogP contribution in [0.25, 0.3) is 0 Å². The molecule has 0 bridgehead atoms. The summed E-state index contributed by atoms with van der Waals surface area (Å²) in [5.74, 6) is 0.850. The van der Waals surface area contributed by atoms with Crippen molar-refractivity contribution in [2.45, 2.75) is 51.4 Å². The Kier molecular flexibility index (Phi) is 5.30. The van der Waals surface area contributed by atoms with Gasteiger partial charge in [0.05, 0.1) is 6.10 Å². The third kappa shape index (κ3) is 4.11. The first-order valence-corrected chi connectivity index (χ1v) is 11.4. The van der Waals surface area contributed by atoms with Crippen molar-refractivity contribution < 1.29 is 14.3 Å². The van der Waals surface area contributed by atoms with E-state index in [4.69, 9.17) is 4.43 Å². The number of aliphatic hydroxyl groups is 1. The normalized spacial score (nSPS) is 18.6. The number of nitrogens with zero attached hydrogens (tertiary/aromatic N) is 2. The van der Waals surface area contributed by atoms with Crippen molar-refractivity contribution in [1.29, 1.82) is 0 Å². The molecule has 1 N–H and O–H groups in total. The fraction of sp³-hybridized carbons (Fsp3) is 0.611. The highest BCUT2D eigenvalue weighted by atomic mass is 28.4. The standard InChI is InChI=1S/C18H30N2O3Si/c1-18(2,3)24(5,6)23-16-9-7-14(8-10-16)19(4)17(22)20-12-11-15(21)13-20/h7-10,15,21H,11-13H2,1-6H3/t15-/m0/s1. The van der Waals surface area contributed by atoms with E-state index in [-0.39, 0.29) is 11.1 Å². The van der Waals surface area contributed by atoms with Crippen LogP contribution in [0.15, 0.2) is 24.3 Å². The maximum absolute atomic E-state index is 12.5. The number of hydrogen-bond acceptors (Lipinski definition) is 3. The van der Waals surface area contributed by atoms with Gasteiger partial charge in [-0.1, -0.05) is 20.8 Å². The van der Waals surface area contributed by atoms with Gasteiger partial charge in [-0.05, 0) is 48.8 Å². The quantitative estimate of drug-likeness (QED) is 0.846. The van der Waals surface area contributed by atoms with Crippen molar-refractivity contribution in [2.75, 3.05) is 25.0 Å². The fourth-order valence-electron chi connectivity index (χ4n) is 2.42. The van der Waals surface area contributed by atoms with Crippen LogP contribution >= 0.6 is 0 Å². The molecule has 0 spiro atoms. The van der Waals surface area contributed by atoms with Gasteiger partial charge >= 0.3 is 6.03 Å². The summed E-state index contributed by atoms with van der Waals surface area (Å²) in [6.45, 7) is 12.1. The highest BCUT2D eigenvalue weighted by molar-refractivity contribution is 6.74. The number of carbonyl (C=O) groups excluding carboxylic acids is 1. The summed E-state index contributed by atoms with van der Waals surface area (Å²) in [6.07, 6.45) is 0.251. The summed E-state index contributed by atoms with van der Waals surface area (Å²) in [7, 11) is -0.0969. The van der Waals surface area contributed by atoms with Crippen molar-refractivity contribution in [2.24, 2.45) is 0 Å². The minimum atomic E-state index is -1.86. The van der Waals surface area contributed by atoms with Crippen molar-refractivity contribution in [3.05, 3.63) is 24.3 Å². The van der Waals surface area contributed by atoms with Gasteiger partial charge in [-0.3, -0.25) is 4.90 Å². The van der Waals surface area contributed by atoms with Gasteiger partial charge in [-0.2, -0.15) is 0 Å². The Morgan fingerprint density at radius 3 is 2.33 bits per heavy atom. The smallest absolute Gasteiger partial charge is 0.324 e. The molecule has 1 aliphatic heterocycles. The highest BCUT2D eigenvalue weighted by Gasteiger charge is 2.39. The molecule has 0 saturated carbocycles. The van der Waals surface area contributed by atoms with Gasteiger partial charge in [0, 0.05) is 25.8 Å². The number of aliphatic hydroxyl groups excluding tert-OH is 1. The van der Waals surface area contributed by atoms with Gasteiger partial charge in [-0.15, -0.1) is 0 Å². The van der Waals surface area contributed by atoms with Crippen molar-refractivity contribution in [3.63, 3.8) is 0 Å². The van der Waals surface area contributed by atoms with Crippen LogP contribution in [0.5, 0.6) is 5.75 Å². The largest absolute Gasteiger partial charge is 0.544 e. The van der Waals surface area contributed by atoms with E-state index in [1.54, 1.807) is 16.8 Å². The van der Waals surface area contributed by atoms with Crippen LogP contribution < -0.4 is 9.33 Å². The number of β-amino-alcohol motifs (C(OH)–C–C–N with tert-alkyl or cyclic N) is 1. The average molecular weight is 351 g/mol. The lowest BCUT2D eigenvalue weighted by atomic mass is 10.2. The summed E-state index contributed by atoms with van der Waals surface area (Å²) < 4.78 is 6.27. The van der Waals surface area contributed by atoms with E-state index in [9.17, 15) is 9.90 Å². The molecule has 1 fully saturated rings. The SMILES string of the molecule is CN(C(=O)N1CC[C@H](O)C1)c1ccc(O[Si](C)(C)C(C)(C)C)cc1. The molecule has 2 rings (SSSR count). The number of likely N-dealkylation sites (tertiary alicyclic amines) is 1. The van der Waals surface area contributed by atoms with Gasteiger partial charge < -0.3 is 14.4 Å². The summed E-state index contributed by atoms with van der Waals surface area (Å²) in [5.41, 5.74) is 0.823. The molecular weight excluding hydrogens is 320 g/mol. The van der Waals surface area contributed by atoms with Crippen LogP contribution in [0.4, 0.5) is 10.5 Å². The number of anilines is 1. The highest BCUT2D eigenvalue weighted by Crippen LogP contribution is 2.37. The lowest BCUT2D eigenvalue weighted by Gasteiger charge is -2.36. The van der Waals surface area contributed by atoms with Crippen LogP contribution in [-0.2, 0) is 0 Å². The van der Waals surface area contributed by atoms with E-state index >= 15 is 0 Å². The van der Waals surface area contributed by atoms with Crippen LogP contribution in [0.3, 0.4) is 0 Å². The molecular formula is C18H30N2O3Si. The molecule has 1 saturated heterocycles. The first-order chi connectivity index (χ1) is 11.0. The zero-order valence-corrected chi connectivity index (χ0v) is 16.7. The molecule has 24 heavy (non-hydrogen) atoms. The van der Waals surface area contributed by atoms with Gasteiger partial charge in [-0.25, -0.2) is 4.79 Å². The molecule has 1 aliphatic rings.